The van der Waals surface area contributed by atoms with Gasteiger partial charge in [-0.05, 0) is 36.2 Å². The molecule has 0 amide bonds. The lowest BCUT2D eigenvalue weighted by atomic mass is 10.1. The molecule has 3 rings (SSSR count). The molecule has 0 fully saturated rings. The van der Waals surface area contributed by atoms with Crippen molar-refractivity contribution in [3.05, 3.63) is 48.4 Å². The molecule has 3 N–H and O–H groups in total. The molecule has 102 valence electrons. The molecule has 0 spiro atoms. The maximum atomic E-state index is 6.18. The summed E-state index contributed by atoms with van der Waals surface area (Å²) in [6.07, 6.45) is 6.60. The summed E-state index contributed by atoms with van der Waals surface area (Å²) in [5.41, 5.74) is 10.0. The van der Waals surface area contributed by atoms with Crippen LogP contribution in [0, 0.1) is 0 Å². The van der Waals surface area contributed by atoms with Crippen molar-refractivity contribution in [3.63, 3.8) is 0 Å². The van der Waals surface area contributed by atoms with Crippen LogP contribution in [0.25, 0.3) is 10.9 Å². The van der Waals surface area contributed by atoms with Crippen molar-refractivity contribution < 1.29 is 0 Å². The number of nitrogen functional groups attached to an aromatic ring is 1. The standard InChI is InChI=1S/C15H17N5/c1-20-10-11(9-19-20)6-8-18-14-5-4-13-12(15(14)16)3-2-7-17-13/h2-5,7,9-10,18H,6,8,16H2,1H3. The van der Waals surface area contributed by atoms with Crippen LogP contribution < -0.4 is 11.1 Å². The van der Waals surface area contributed by atoms with Gasteiger partial charge in [-0.2, -0.15) is 5.10 Å². The number of nitrogens with two attached hydrogens (primary N) is 1. The Morgan fingerprint density at radius 2 is 2.20 bits per heavy atom. The van der Waals surface area contributed by atoms with Crippen molar-refractivity contribution in [2.45, 2.75) is 6.42 Å². The fraction of sp³-hybridized carbons (Fsp3) is 0.200. The van der Waals surface area contributed by atoms with Gasteiger partial charge in [0, 0.05) is 31.4 Å². The summed E-state index contributed by atoms with van der Waals surface area (Å²) >= 11 is 0. The number of benzene rings is 1. The van der Waals surface area contributed by atoms with Gasteiger partial charge in [-0.3, -0.25) is 9.67 Å². The highest BCUT2D eigenvalue weighted by molar-refractivity contribution is 5.96. The van der Waals surface area contributed by atoms with Gasteiger partial charge < -0.3 is 11.1 Å². The molecule has 5 heteroatoms. The molecule has 0 saturated heterocycles. The Bertz CT molecular complexity index is 732. The molecular formula is C15H17N5. The minimum absolute atomic E-state index is 0.752. The van der Waals surface area contributed by atoms with E-state index in [0.29, 0.717) is 0 Å². The lowest BCUT2D eigenvalue weighted by Gasteiger charge is -2.10. The fourth-order valence-corrected chi connectivity index (χ4v) is 2.27. The first-order valence-corrected chi connectivity index (χ1v) is 6.58. The van der Waals surface area contributed by atoms with Gasteiger partial charge >= 0.3 is 0 Å². The molecule has 2 heterocycles. The summed E-state index contributed by atoms with van der Waals surface area (Å²) in [4.78, 5) is 4.29. The highest BCUT2D eigenvalue weighted by Crippen LogP contribution is 2.27. The maximum Gasteiger partial charge on any atom is 0.0724 e. The molecule has 0 aliphatic rings. The van der Waals surface area contributed by atoms with Gasteiger partial charge in [-0.1, -0.05) is 0 Å². The minimum Gasteiger partial charge on any atom is -0.397 e. The Balaban J connectivity index is 1.73. The predicted molar refractivity (Wildman–Crippen MR) is 81.6 cm³/mol. The van der Waals surface area contributed by atoms with Gasteiger partial charge in [-0.25, -0.2) is 0 Å². The summed E-state index contributed by atoms with van der Waals surface area (Å²) in [5, 5.41) is 8.51. The fourth-order valence-electron chi connectivity index (χ4n) is 2.27. The Labute approximate surface area is 117 Å². The normalized spacial score (nSPS) is 10.8. The molecule has 0 aliphatic carbocycles. The van der Waals surface area contributed by atoms with Crippen LogP contribution in [0.15, 0.2) is 42.9 Å². The second-order valence-corrected chi connectivity index (χ2v) is 4.80. The number of hydrogen-bond donors (Lipinski definition) is 2. The van der Waals surface area contributed by atoms with Crippen molar-refractivity contribution in [2.75, 3.05) is 17.6 Å². The second-order valence-electron chi connectivity index (χ2n) is 4.80. The van der Waals surface area contributed by atoms with Crippen molar-refractivity contribution in [1.82, 2.24) is 14.8 Å². The lowest BCUT2D eigenvalue weighted by molar-refractivity contribution is 0.767. The second kappa shape index (κ2) is 5.21. The molecule has 0 atom stereocenters. The van der Waals surface area contributed by atoms with Crippen molar-refractivity contribution in [3.8, 4) is 0 Å². The number of hydrogen-bond acceptors (Lipinski definition) is 4. The summed E-state index contributed by atoms with van der Waals surface area (Å²) in [5.74, 6) is 0. The minimum atomic E-state index is 0.752. The lowest BCUT2D eigenvalue weighted by Crippen LogP contribution is -2.07. The molecule has 20 heavy (non-hydrogen) atoms. The summed E-state index contributed by atoms with van der Waals surface area (Å²) in [6, 6.07) is 7.86. The van der Waals surface area contributed by atoms with Gasteiger partial charge in [0.1, 0.15) is 0 Å². The van der Waals surface area contributed by atoms with E-state index in [4.69, 9.17) is 5.73 Å². The van der Waals surface area contributed by atoms with Crippen LogP contribution in [0.5, 0.6) is 0 Å². The third-order valence-electron chi connectivity index (χ3n) is 3.31. The van der Waals surface area contributed by atoms with Crippen LogP contribution >= 0.6 is 0 Å². The van der Waals surface area contributed by atoms with E-state index in [-0.39, 0.29) is 0 Å². The van der Waals surface area contributed by atoms with E-state index in [1.165, 1.54) is 5.56 Å². The van der Waals surface area contributed by atoms with Crippen molar-refractivity contribution >= 4 is 22.3 Å². The topological polar surface area (TPSA) is 68.8 Å². The number of pyridine rings is 1. The Morgan fingerprint density at radius 3 is 3.00 bits per heavy atom. The molecule has 1 aromatic carbocycles. The highest BCUT2D eigenvalue weighted by atomic mass is 15.2. The largest absolute Gasteiger partial charge is 0.397 e. The zero-order valence-corrected chi connectivity index (χ0v) is 11.4. The van der Waals surface area contributed by atoms with Crippen LogP contribution in [-0.4, -0.2) is 21.3 Å². The first-order chi connectivity index (χ1) is 9.74. The summed E-state index contributed by atoms with van der Waals surface area (Å²) in [7, 11) is 1.92. The van der Waals surface area contributed by atoms with E-state index < -0.39 is 0 Å². The number of nitrogens with zero attached hydrogens (tertiary/aromatic N) is 3. The number of aromatic nitrogens is 3. The van der Waals surface area contributed by atoms with Crippen LogP contribution in [-0.2, 0) is 13.5 Å². The number of aryl methyl sites for hydroxylation is 1. The number of fused-ring (bicyclic) bond motifs is 1. The summed E-state index contributed by atoms with van der Waals surface area (Å²) in [6.45, 7) is 0.821. The molecule has 0 unspecified atom stereocenters. The average molecular weight is 267 g/mol. The third-order valence-corrected chi connectivity index (χ3v) is 3.31. The van der Waals surface area contributed by atoms with Gasteiger partial charge in [0.15, 0.2) is 0 Å². The Hall–Kier alpha value is -2.56. The van der Waals surface area contributed by atoms with E-state index in [0.717, 1.165) is 35.2 Å². The molecular weight excluding hydrogens is 250 g/mol. The van der Waals surface area contributed by atoms with E-state index in [1.807, 2.05) is 48.4 Å². The van der Waals surface area contributed by atoms with Gasteiger partial charge in [0.05, 0.1) is 23.1 Å². The van der Waals surface area contributed by atoms with E-state index >= 15 is 0 Å². The van der Waals surface area contributed by atoms with Crippen LogP contribution in [0.4, 0.5) is 11.4 Å². The zero-order chi connectivity index (χ0) is 13.9. The number of nitrogens with one attached hydrogen (secondary N) is 1. The predicted octanol–water partition coefficient (Wildman–Crippen LogP) is 2.21. The van der Waals surface area contributed by atoms with E-state index in [2.05, 4.69) is 15.4 Å². The summed E-state index contributed by atoms with van der Waals surface area (Å²) < 4.78 is 1.81. The highest BCUT2D eigenvalue weighted by Gasteiger charge is 2.04. The van der Waals surface area contributed by atoms with E-state index in [9.17, 15) is 0 Å². The van der Waals surface area contributed by atoms with Gasteiger partial charge in [0.25, 0.3) is 0 Å². The average Bonchev–Trinajstić information content (AvgIpc) is 2.87. The van der Waals surface area contributed by atoms with E-state index in [1.54, 1.807) is 6.20 Å². The monoisotopic (exact) mass is 267 g/mol. The molecule has 0 radical (unpaired) electrons. The Kier molecular flexibility index (Phi) is 3.25. The zero-order valence-electron chi connectivity index (χ0n) is 11.4. The first kappa shape index (κ1) is 12.5. The van der Waals surface area contributed by atoms with Crippen LogP contribution in [0.1, 0.15) is 5.56 Å². The molecule has 3 aromatic rings. The third kappa shape index (κ3) is 2.42. The first-order valence-electron chi connectivity index (χ1n) is 6.58. The number of anilines is 2. The molecule has 0 saturated carbocycles. The quantitative estimate of drug-likeness (QED) is 0.711. The van der Waals surface area contributed by atoms with Gasteiger partial charge in [0.2, 0.25) is 0 Å². The Morgan fingerprint density at radius 1 is 1.30 bits per heavy atom. The molecule has 5 nitrogen and oxygen atoms in total. The van der Waals surface area contributed by atoms with Crippen molar-refractivity contribution in [2.24, 2.45) is 7.05 Å². The molecule has 2 aromatic heterocycles. The van der Waals surface area contributed by atoms with Crippen LogP contribution in [0.3, 0.4) is 0 Å². The smallest absolute Gasteiger partial charge is 0.0724 e. The van der Waals surface area contributed by atoms with Crippen LogP contribution in [0.2, 0.25) is 0 Å². The van der Waals surface area contributed by atoms with Gasteiger partial charge in [-0.15, -0.1) is 0 Å². The maximum absolute atomic E-state index is 6.18. The van der Waals surface area contributed by atoms with Crippen molar-refractivity contribution in [1.29, 1.82) is 0 Å². The molecule has 0 bridgehead atoms. The SMILES string of the molecule is Cn1cc(CCNc2ccc3ncccc3c2N)cn1. The molecule has 0 aliphatic heterocycles. The number of rotatable bonds is 4.